The Morgan fingerprint density at radius 2 is 2.11 bits per heavy atom. The Labute approximate surface area is 114 Å². The molecule has 0 aromatic heterocycles. The van der Waals surface area contributed by atoms with Crippen molar-refractivity contribution < 1.29 is 14.6 Å². The second-order valence-corrected chi connectivity index (χ2v) is 4.87. The number of hydrogen-bond donors (Lipinski definition) is 1. The van der Waals surface area contributed by atoms with Crippen LogP contribution in [0.1, 0.15) is 44.2 Å². The van der Waals surface area contributed by atoms with Crippen molar-refractivity contribution in [2.75, 3.05) is 6.61 Å². The summed E-state index contributed by atoms with van der Waals surface area (Å²) in [6.45, 7) is 8.49. The van der Waals surface area contributed by atoms with Crippen molar-refractivity contribution in [1.29, 1.82) is 0 Å². The molecule has 1 rings (SSSR count). The van der Waals surface area contributed by atoms with Crippen molar-refractivity contribution in [1.82, 2.24) is 0 Å². The molecule has 0 bridgehead atoms. The summed E-state index contributed by atoms with van der Waals surface area (Å²) in [7, 11) is 0. The lowest BCUT2D eigenvalue weighted by atomic mass is 9.98. The number of hydrogen-bond acceptors (Lipinski definition) is 2. The SMILES string of the molecule is CCC(=CCOc1ccc(C(C)C)c(C)c1)C(=O)O. The number of carbonyl (C=O) groups is 1. The summed E-state index contributed by atoms with van der Waals surface area (Å²) in [5, 5.41) is 8.89. The van der Waals surface area contributed by atoms with Crippen LogP contribution < -0.4 is 4.74 Å². The molecule has 1 aromatic carbocycles. The molecule has 0 aliphatic rings. The van der Waals surface area contributed by atoms with Crippen molar-refractivity contribution in [2.24, 2.45) is 0 Å². The fourth-order valence-corrected chi connectivity index (χ4v) is 2.01. The first-order valence-electron chi connectivity index (χ1n) is 6.61. The predicted octanol–water partition coefficient (Wildman–Crippen LogP) is 3.92. The Balaban J connectivity index is 2.69. The maximum Gasteiger partial charge on any atom is 0.331 e. The van der Waals surface area contributed by atoms with E-state index in [0.29, 0.717) is 17.9 Å². The average molecular weight is 262 g/mol. The van der Waals surface area contributed by atoms with Gasteiger partial charge in [-0.3, -0.25) is 0 Å². The van der Waals surface area contributed by atoms with Crippen molar-refractivity contribution in [2.45, 2.75) is 40.0 Å². The third-order valence-electron chi connectivity index (χ3n) is 3.10. The lowest BCUT2D eigenvalue weighted by Crippen LogP contribution is -2.03. The van der Waals surface area contributed by atoms with Crippen molar-refractivity contribution >= 4 is 5.97 Å². The van der Waals surface area contributed by atoms with Gasteiger partial charge in [-0.1, -0.05) is 26.8 Å². The molecule has 1 N–H and O–H groups in total. The van der Waals surface area contributed by atoms with Gasteiger partial charge in [0.1, 0.15) is 12.4 Å². The monoisotopic (exact) mass is 262 g/mol. The third-order valence-corrected chi connectivity index (χ3v) is 3.10. The van der Waals surface area contributed by atoms with Gasteiger partial charge >= 0.3 is 5.97 Å². The van der Waals surface area contributed by atoms with Crippen molar-refractivity contribution in [3.8, 4) is 5.75 Å². The third kappa shape index (κ3) is 4.43. The Morgan fingerprint density at radius 3 is 2.58 bits per heavy atom. The van der Waals surface area contributed by atoms with Gasteiger partial charge in [0.05, 0.1) is 0 Å². The van der Waals surface area contributed by atoms with Gasteiger partial charge in [-0.05, 0) is 48.6 Å². The Hall–Kier alpha value is -1.77. The molecule has 0 amide bonds. The van der Waals surface area contributed by atoms with Gasteiger partial charge in [0.15, 0.2) is 0 Å². The molecule has 3 heteroatoms. The van der Waals surface area contributed by atoms with Crippen LogP contribution in [0.5, 0.6) is 5.75 Å². The summed E-state index contributed by atoms with van der Waals surface area (Å²) in [4.78, 5) is 10.8. The molecule has 0 radical (unpaired) electrons. The molecular formula is C16H22O3. The van der Waals surface area contributed by atoms with Crippen molar-refractivity contribution in [3.05, 3.63) is 41.0 Å². The average Bonchev–Trinajstić information content (AvgIpc) is 2.33. The molecule has 0 heterocycles. The minimum Gasteiger partial charge on any atom is -0.490 e. The Morgan fingerprint density at radius 1 is 1.42 bits per heavy atom. The molecule has 3 nitrogen and oxygen atoms in total. The quantitative estimate of drug-likeness (QED) is 0.790. The molecule has 0 saturated heterocycles. The predicted molar refractivity (Wildman–Crippen MR) is 76.8 cm³/mol. The Bertz CT molecular complexity index is 473. The van der Waals surface area contributed by atoms with Crippen LogP contribution in [0.15, 0.2) is 29.8 Å². The molecule has 1 aromatic rings. The molecule has 0 spiro atoms. The highest BCUT2D eigenvalue weighted by molar-refractivity contribution is 5.86. The molecule has 0 atom stereocenters. The van der Waals surface area contributed by atoms with Gasteiger partial charge in [0.25, 0.3) is 0 Å². The molecule has 0 aliphatic carbocycles. The summed E-state index contributed by atoms with van der Waals surface area (Å²) in [5.74, 6) is 0.393. The number of ether oxygens (including phenoxy) is 1. The number of benzene rings is 1. The molecule has 0 saturated carbocycles. The molecule has 0 fully saturated rings. The van der Waals surface area contributed by atoms with E-state index in [2.05, 4.69) is 26.8 Å². The largest absolute Gasteiger partial charge is 0.490 e. The normalized spacial score (nSPS) is 11.7. The van der Waals surface area contributed by atoms with E-state index in [-0.39, 0.29) is 6.61 Å². The van der Waals surface area contributed by atoms with Crippen LogP contribution in [0.3, 0.4) is 0 Å². The topological polar surface area (TPSA) is 46.5 Å². The van der Waals surface area contributed by atoms with Gasteiger partial charge in [-0.25, -0.2) is 4.79 Å². The minimum absolute atomic E-state index is 0.288. The van der Waals surface area contributed by atoms with Crippen LogP contribution in [-0.4, -0.2) is 17.7 Å². The van der Waals surface area contributed by atoms with Crippen LogP contribution in [0, 0.1) is 6.92 Å². The van der Waals surface area contributed by atoms with E-state index >= 15 is 0 Å². The highest BCUT2D eigenvalue weighted by Gasteiger charge is 2.05. The van der Waals surface area contributed by atoms with E-state index < -0.39 is 5.97 Å². The summed E-state index contributed by atoms with van der Waals surface area (Å²) in [6, 6.07) is 6.00. The molecule has 0 aliphatic heterocycles. The first kappa shape index (κ1) is 15.3. The molecule has 0 unspecified atom stereocenters. The van der Waals surface area contributed by atoms with Gasteiger partial charge in [0.2, 0.25) is 0 Å². The summed E-state index contributed by atoms with van der Waals surface area (Å²) in [5.41, 5.74) is 2.89. The van der Waals surface area contributed by atoms with Gasteiger partial charge in [0, 0.05) is 5.57 Å². The zero-order chi connectivity index (χ0) is 14.4. The lowest BCUT2D eigenvalue weighted by molar-refractivity contribution is -0.132. The van der Waals surface area contributed by atoms with E-state index in [1.807, 2.05) is 19.1 Å². The number of aryl methyl sites for hydroxylation is 1. The number of carboxylic acids is 1. The molecule has 104 valence electrons. The summed E-state index contributed by atoms with van der Waals surface area (Å²) >= 11 is 0. The number of carboxylic acid groups (broad SMARTS) is 1. The van der Waals surface area contributed by atoms with E-state index in [1.54, 1.807) is 6.08 Å². The van der Waals surface area contributed by atoms with E-state index in [4.69, 9.17) is 9.84 Å². The molecular weight excluding hydrogens is 240 g/mol. The Kier molecular flexibility index (Phi) is 5.61. The fraction of sp³-hybridized carbons (Fsp3) is 0.438. The highest BCUT2D eigenvalue weighted by Crippen LogP contribution is 2.23. The lowest BCUT2D eigenvalue weighted by Gasteiger charge is -2.11. The maximum atomic E-state index is 10.8. The first-order valence-corrected chi connectivity index (χ1v) is 6.61. The molecule has 19 heavy (non-hydrogen) atoms. The smallest absolute Gasteiger partial charge is 0.331 e. The van der Waals surface area contributed by atoms with Crippen LogP contribution in [0.4, 0.5) is 0 Å². The van der Waals surface area contributed by atoms with E-state index in [0.717, 1.165) is 5.75 Å². The van der Waals surface area contributed by atoms with E-state index in [1.165, 1.54) is 11.1 Å². The number of aliphatic carboxylic acids is 1. The summed E-state index contributed by atoms with van der Waals surface area (Å²) < 4.78 is 5.56. The van der Waals surface area contributed by atoms with Crippen LogP contribution in [-0.2, 0) is 4.79 Å². The van der Waals surface area contributed by atoms with Crippen LogP contribution in [0.25, 0.3) is 0 Å². The zero-order valence-corrected chi connectivity index (χ0v) is 12.1. The first-order chi connectivity index (χ1) is 8.95. The zero-order valence-electron chi connectivity index (χ0n) is 12.1. The van der Waals surface area contributed by atoms with Crippen LogP contribution >= 0.6 is 0 Å². The minimum atomic E-state index is -0.877. The maximum absolute atomic E-state index is 10.8. The highest BCUT2D eigenvalue weighted by atomic mass is 16.5. The van der Waals surface area contributed by atoms with Crippen LogP contribution in [0.2, 0.25) is 0 Å². The van der Waals surface area contributed by atoms with E-state index in [9.17, 15) is 4.79 Å². The summed E-state index contributed by atoms with van der Waals surface area (Å²) in [6.07, 6.45) is 2.12. The van der Waals surface area contributed by atoms with Gasteiger partial charge in [-0.15, -0.1) is 0 Å². The standard InChI is InChI=1S/C16H22O3/c1-5-13(16(17)18)8-9-19-14-6-7-15(11(2)3)12(4)10-14/h6-8,10-11H,5,9H2,1-4H3,(H,17,18). The second kappa shape index (κ2) is 6.98. The fourth-order valence-electron chi connectivity index (χ4n) is 2.01. The van der Waals surface area contributed by atoms with Gasteiger partial charge in [-0.2, -0.15) is 0 Å². The van der Waals surface area contributed by atoms with Crippen molar-refractivity contribution in [3.63, 3.8) is 0 Å². The number of rotatable bonds is 6. The van der Waals surface area contributed by atoms with Gasteiger partial charge < -0.3 is 9.84 Å². The second-order valence-electron chi connectivity index (χ2n) is 4.87.